The number of fused-ring (bicyclic) bond motifs is 1. The van der Waals surface area contributed by atoms with Gasteiger partial charge in [-0.25, -0.2) is 0 Å². The van der Waals surface area contributed by atoms with Crippen molar-refractivity contribution in [1.82, 2.24) is 10.2 Å². The number of carbonyl (C=O) groups excluding carboxylic acids is 1. The second kappa shape index (κ2) is 6.28. The molecule has 0 atom stereocenters. The van der Waals surface area contributed by atoms with Gasteiger partial charge in [0.1, 0.15) is 11.5 Å². The van der Waals surface area contributed by atoms with E-state index >= 15 is 0 Å². The number of ether oxygens (including phenoxy) is 2. The molecule has 21 heavy (non-hydrogen) atoms. The fourth-order valence-corrected chi connectivity index (χ4v) is 2.72. The predicted octanol–water partition coefficient (Wildman–Crippen LogP) is 1.19. The Hall–Kier alpha value is -1.85. The summed E-state index contributed by atoms with van der Waals surface area (Å²) in [6.45, 7) is 5.21. The molecule has 1 fully saturated rings. The van der Waals surface area contributed by atoms with Crippen molar-refractivity contribution in [2.75, 3.05) is 46.4 Å². The first-order valence-corrected chi connectivity index (χ1v) is 7.26. The van der Waals surface area contributed by atoms with Gasteiger partial charge < -0.3 is 14.8 Å². The minimum Gasteiger partial charge on any atom is -0.496 e. The molecular formula is C16H20N2O3. The summed E-state index contributed by atoms with van der Waals surface area (Å²) in [4.78, 5) is 14.1. The van der Waals surface area contributed by atoms with Crippen molar-refractivity contribution >= 4 is 11.9 Å². The monoisotopic (exact) mass is 288 g/mol. The Bertz CT molecular complexity index is 563. The van der Waals surface area contributed by atoms with Gasteiger partial charge in [-0.3, -0.25) is 9.69 Å². The van der Waals surface area contributed by atoms with Crippen LogP contribution in [0.2, 0.25) is 0 Å². The third-order valence-electron chi connectivity index (χ3n) is 3.88. The normalized spacial score (nSPS) is 18.8. The number of piperazine rings is 1. The molecule has 0 aliphatic carbocycles. The third kappa shape index (κ3) is 2.94. The maximum atomic E-state index is 11.7. The second-order valence-corrected chi connectivity index (χ2v) is 5.22. The summed E-state index contributed by atoms with van der Waals surface area (Å²) in [6.07, 6.45) is 4.11. The number of nitrogens with one attached hydrogen (secondary N) is 1. The van der Waals surface area contributed by atoms with Crippen LogP contribution < -0.4 is 14.8 Å². The Balaban J connectivity index is 1.79. The van der Waals surface area contributed by atoms with Crippen LogP contribution in [-0.2, 0) is 0 Å². The number of hydrogen-bond donors (Lipinski definition) is 1. The Morgan fingerprint density at radius 3 is 2.95 bits per heavy atom. The van der Waals surface area contributed by atoms with Gasteiger partial charge in [-0.15, -0.1) is 0 Å². The number of carbonyl (C=O) groups is 1. The van der Waals surface area contributed by atoms with E-state index in [9.17, 15) is 4.79 Å². The lowest BCUT2D eigenvalue weighted by atomic mass is 10.1. The molecule has 1 aromatic rings. The highest BCUT2D eigenvalue weighted by Gasteiger charge is 2.25. The summed E-state index contributed by atoms with van der Waals surface area (Å²) in [6, 6.07) is 3.60. The highest BCUT2D eigenvalue weighted by atomic mass is 16.5. The average molecular weight is 288 g/mol. The van der Waals surface area contributed by atoms with Crippen molar-refractivity contribution in [2.45, 2.75) is 0 Å². The molecule has 0 bridgehead atoms. The van der Waals surface area contributed by atoms with Gasteiger partial charge in [0.05, 0.1) is 18.2 Å². The smallest absolute Gasteiger partial charge is 0.203 e. The van der Waals surface area contributed by atoms with Gasteiger partial charge in [-0.2, -0.15) is 0 Å². The zero-order valence-corrected chi connectivity index (χ0v) is 12.2. The summed E-state index contributed by atoms with van der Waals surface area (Å²) in [7, 11) is 1.63. The van der Waals surface area contributed by atoms with Crippen LogP contribution in [0.5, 0.6) is 11.5 Å². The first kappa shape index (κ1) is 14.1. The standard InChI is InChI=1S/C16H20N2O3/c1-20-15-5-4-12-14(19)11-21-16(12)13(15)3-2-8-18-9-6-17-7-10-18/h2-5,17H,6-11H2,1H3/b3-2-. The molecule has 3 rings (SSSR count). The van der Waals surface area contributed by atoms with E-state index in [4.69, 9.17) is 9.47 Å². The van der Waals surface area contributed by atoms with Crippen LogP contribution in [0, 0.1) is 0 Å². The lowest BCUT2D eigenvalue weighted by Crippen LogP contribution is -2.43. The SMILES string of the molecule is COc1ccc2c(c1/C=C\CN1CCNCC1)OCC2=O. The number of ketones is 1. The number of hydrogen-bond acceptors (Lipinski definition) is 5. The fraction of sp³-hybridized carbons (Fsp3) is 0.438. The van der Waals surface area contributed by atoms with E-state index < -0.39 is 0 Å². The van der Waals surface area contributed by atoms with Gasteiger partial charge in [0, 0.05) is 32.7 Å². The lowest BCUT2D eigenvalue weighted by molar-refractivity contribution is 0.0961. The van der Waals surface area contributed by atoms with Crippen molar-refractivity contribution in [3.05, 3.63) is 29.3 Å². The molecule has 112 valence electrons. The molecule has 0 aromatic heterocycles. The number of nitrogens with zero attached hydrogens (tertiary/aromatic N) is 1. The molecule has 5 nitrogen and oxygen atoms in total. The molecule has 5 heteroatoms. The van der Waals surface area contributed by atoms with Crippen molar-refractivity contribution in [3.8, 4) is 11.5 Å². The number of benzene rings is 1. The van der Waals surface area contributed by atoms with Crippen LogP contribution in [0.4, 0.5) is 0 Å². The predicted molar refractivity (Wildman–Crippen MR) is 81.2 cm³/mol. The Kier molecular flexibility index (Phi) is 4.22. The maximum absolute atomic E-state index is 11.7. The van der Waals surface area contributed by atoms with Crippen LogP contribution in [0.3, 0.4) is 0 Å². The van der Waals surface area contributed by atoms with E-state index in [0.717, 1.165) is 44.0 Å². The molecule has 1 N–H and O–H groups in total. The first-order valence-electron chi connectivity index (χ1n) is 7.26. The van der Waals surface area contributed by atoms with E-state index in [1.807, 2.05) is 12.1 Å². The Morgan fingerprint density at radius 2 is 2.19 bits per heavy atom. The summed E-state index contributed by atoms with van der Waals surface area (Å²) in [5.41, 5.74) is 1.51. The molecule has 1 saturated heterocycles. The van der Waals surface area contributed by atoms with Crippen LogP contribution in [0.1, 0.15) is 15.9 Å². The summed E-state index contributed by atoms with van der Waals surface area (Å²) < 4.78 is 10.9. The van der Waals surface area contributed by atoms with Crippen molar-refractivity contribution in [1.29, 1.82) is 0 Å². The van der Waals surface area contributed by atoms with Gasteiger partial charge >= 0.3 is 0 Å². The molecule has 2 aliphatic rings. The van der Waals surface area contributed by atoms with E-state index in [1.165, 1.54) is 0 Å². The number of rotatable bonds is 4. The molecule has 0 amide bonds. The highest BCUT2D eigenvalue weighted by Crippen LogP contribution is 2.36. The molecule has 1 aromatic carbocycles. The second-order valence-electron chi connectivity index (χ2n) is 5.22. The van der Waals surface area contributed by atoms with Crippen molar-refractivity contribution < 1.29 is 14.3 Å². The van der Waals surface area contributed by atoms with Gasteiger partial charge in [-0.1, -0.05) is 12.2 Å². The van der Waals surface area contributed by atoms with Gasteiger partial charge in [0.15, 0.2) is 6.61 Å². The average Bonchev–Trinajstić information content (AvgIpc) is 2.90. The topological polar surface area (TPSA) is 50.8 Å². The fourth-order valence-electron chi connectivity index (χ4n) is 2.72. The quantitative estimate of drug-likeness (QED) is 0.902. The van der Waals surface area contributed by atoms with Gasteiger partial charge in [0.25, 0.3) is 0 Å². The minimum absolute atomic E-state index is 0.0319. The van der Waals surface area contributed by atoms with Crippen LogP contribution in [0.25, 0.3) is 6.08 Å². The minimum atomic E-state index is 0.0319. The molecule has 0 unspecified atom stereocenters. The van der Waals surface area contributed by atoms with Gasteiger partial charge in [-0.05, 0) is 12.1 Å². The Labute approximate surface area is 124 Å². The first-order chi connectivity index (χ1) is 10.3. The summed E-state index contributed by atoms with van der Waals surface area (Å²) in [5, 5.41) is 3.34. The zero-order valence-electron chi connectivity index (χ0n) is 12.2. The van der Waals surface area contributed by atoms with Crippen LogP contribution in [0.15, 0.2) is 18.2 Å². The zero-order chi connectivity index (χ0) is 14.7. The van der Waals surface area contributed by atoms with E-state index in [-0.39, 0.29) is 12.4 Å². The summed E-state index contributed by atoms with van der Waals surface area (Å²) >= 11 is 0. The number of methoxy groups -OCH3 is 1. The largest absolute Gasteiger partial charge is 0.496 e. The van der Waals surface area contributed by atoms with E-state index in [1.54, 1.807) is 13.2 Å². The molecule has 0 saturated carbocycles. The molecule has 0 spiro atoms. The van der Waals surface area contributed by atoms with E-state index in [0.29, 0.717) is 11.3 Å². The highest BCUT2D eigenvalue weighted by molar-refractivity contribution is 6.03. The van der Waals surface area contributed by atoms with Crippen LogP contribution in [-0.4, -0.2) is 57.1 Å². The van der Waals surface area contributed by atoms with Crippen LogP contribution >= 0.6 is 0 Å². The van der Waals surface area contributed by atoms with Gasteiger partial charge in [0.2, 0.25) is 5.78 Å². The summed E-state index contributed by atoms with van der Waals surface area (Å²) in [5.74, 6) is 1.42. The Morgan fingerprint density at radius 1 is 1.38 bits per heavy atom. The number of Topliss-reactive ketones (excluding diaryl/α,β-unsaturated/α-hetero) is 1. The van der Waals surface area contributed by atoms with Crippen molar-refractivity contribution in [3.63, 3.8) is 0 Å². The molecule has 2 heterocycles. The maximum Gasteiger partial charge on any atom is 0.203 e. The third-order valence-corrected chi connectivity index (χ3v) is 3.88. The lowest BCUT2D eigenvalue weighted by Gasteiger charge is -2.25. The van der Waals surface area contributed by atoms with Crippen molar-refractivity contribution in [2.24, 2.45) is 0 Å². The molecule has 0 radical (unpaired) electrons. The van der Waals surface area contributed by atoms with E-state index in [2.05, 4.69) is 16.3 Å². The molecular weight excluding hydrogens is 268 g/mol. The molecule has 2 aliphatic heterocycles.